The van der Waals surface area contributed by atoms with Crippen LogP contribution in [0.4, 0.5) is 14.6 Å². The fraction of sp³-hybridized carbons (Fsp3) is 0.333. The number of benzene rings is 1. The summed E-state index contributed by atoms with van der Waals surface area (Å²) in [6.07, 6.45) is 1.97. The van der Waals surface area contributed by atoms with Crippen LogP contribution in [-0.2, 0) is 17.8 Å². The second kappa shape index (κ2) is 6.76. The second-order valence-corrected chi connectivity index (χ2v) is 6.31. The van der Waals surface area contributed by atoms with Crippen LogP contribution in [0.2, 0.25) is 0 Å². The average Bonchev–Trinajstić information content (AvgIpc) is 2.58. The monoisotopic (exact) mass is 347 g/mol. The quantitative estimate of drug-likeness (QED) is 0.921. The zero-order valence-electron chi connectivity index (χ0n) is 14.0. The van der Waals surface area contributed by atoms with Crippen molar-refractivity contribution < 1.29 is 18.7 Å². The molecule has 0 saturated carbocycles. The van der Waals surface area contributed by atoms with E-state index < -0.39 is 23.6 Å². The molecule has 1 aliphatic heterocycles. The minimum absolute atomic E-state index is 0.157. The zero-order valence-corrected chi connectivity index (χ0v) is 14.0. The normalized spacial score (nSPS) is 17.2. The maximum atomic E-state index is 14.0. The summed E-state index contributed by atoms with van der Waals surface area (Å²) in [6.45, 7) is 0.704. The minimum Gasteiger partial charge on any atom is -0.480 e. The maximum absolute atomic E-state index is 14.0. The van der Waals surface area contributed by atoms with Gasteiger partial charge in [0.25, 0.3) is 0 Å². The second-order valence-electron chi connectivity index (χ2n) is 6.31. The summed E-state index contributed by atoms with van der Waals surface area (Å²) < 4.78 is 27.4. The van der Waals surface area contributed by atoms with Crippen molar-refractivity contribution in [1.82, 2.24) is 9.88 Å². The first-order chi connectivity index (χ1) is 11.9. The highest BCUT2D eigenvalue weighted by Crippen LogP contribution is 2.33. The van der Waals surface area contributed by atoms with E-state index >= 15 is 0 Å². The van der Waals surface area contributed by atoms with Gasteiger partial charge in [-0.25, -0.2) is 13.8 Å². The molecule has 2 heterocycles. The molecule has 1 N–H and O–H groups in total. The van der Waals surface area contributed by atoms with Gasteiger partial charge in [-0.3, -0.25) is 9.69 Å². The van der Waals surface area contributed by atoms with Gasteiger partial charge in [0, 0.05) is 33.4 Å². The first-order valence-electron chi connectivity index (χ1n) is 7.94. The molecule has 1 aromatic carbocycles. The summed E-state index contributed by atoms with van der Waals surface area (Å²) in [5, 5.41) is 9.63. The van der Waals surface area contributed by atoms with Crippen molar-refractivity contribution in [3.8, 4) is 0 Å². The number of carboxylic acid groups (broad SMARTS) is 1. The van der Waals surface area contributed by atoms with E-state index in [4.69, 9.17) is 0 Å². The SMILES string of the molecule is CN(C)c1ccc(CN2CCc3c(ccc(F)c3F)C2C(=O)O)cn1. The number of pyridine rings is 1. The van der Waals surface area contributed by atoms with Gasteiger partial charge in [0.1, 0.15) is 11.9 Å². The van der Waals surface area contributed by atoms with Crippen LogP contribution in [0.5, 0.6) is 0 Å². The highest BCUT2D eigenvalue weighted by Gasteiger charge is 2.35. The molecule has 1 unspecified atom stereocenters. The van der Waals surface area contributed by atoms with Crippen LogP contribution in [0.15, 0.2) is 30.5 Å². The lowest BCUT2D eigenvalue weighted by atomic mass is 9.91. The Morgan fingerprint density at radius 2 is 2.08 bits per heavy atom. The minimum atomic E-state index is -1.08. The van der Waals surface area contributed by atoms with Gasteiger partial charge in [0.15, 0.2) is 11.6 Å². The van der Waals surface area contributed by atoms with E-state index in [0.717, 1.165) is 17.4 Å². The van der Waals surface area contributed by atoms with Crippen molar-refractivity contribution in [1.29, 1.82) is 0 Å². The van der Waals surface area contributed by atoms with Crippen molar-refractivity contribution in [3.63, 3.8) is 0 Å². The molecule has 5 nitrogen and oxygen atoms in total. The first-order valence-corrected chi connectivity index (χ1v) is 7.94. The summed E-state index contributed by atoms with van der Waals surface area (Å²) in [4.78, 5) is 19.7. The number of aromatic nitrogens is 1. The van der Waals surface area contributed by atoms with Gasteiger partial charge in [-0.1, -0.05) is 12.1 Å². The molecule has 0 spiro atoms. The zero-order chi connectivity index (χ0) is 18.1. The third kappa shape index (κ3) is 3.32. The first kappa shape index (κ1) is 17.3. The fourth-order valence-electron chi connectivity index (χ4n) is 3.17. The van der Waals surface area contributed by atoms with Gasteiger partial charge in [-0.15, -0.1) is 0 Å². The lowest BCUT2D eigenvalue weighted by Gasteiger charge is -2.34. The van der Waals surface area contributed by atoms with Crippen LogP contribution >= 0.6 is 0 Å². The molecule has 1 atom stereocenters. The smallest absolute Gasteiger partial charge is 0.325 e. The molecule has 2 aromatic rings. The number of halogens is 2. The molecule has 7 heteroatoms. The van der Waals surface area contributed by atoms with Gasteiger partial charge < -0.3 is 10.0 Å². The molecule has 0 radical (unpaired) electrons. The Balaban J connectivity index is 1.89. The van der Waals surface area contributed by atoms with E-state index in [1.165, 1.54) is 6.07 Å². The van der Waals surface area contributed by atoms with Crippen LogP contribution in [0.25, 0.3) is 0 Å². The number of hydrogen-bond acceptors (Lipinski definition) is 4. The number of rotatable bonds is 4. The molecule has 0 fully saturated rings. The lowest BCUT2D eigenvalue weighted by Crippen LogP contribution is -2.39. The Morgan fingerprint density at radius 3 is 2.68 bits per heavy atom. The van der Waals surface area contributed by atoms with Crippen molar-refractivity contribution in [2.45, 2.75) is 19.0 Å². The highest BCUT2D eigenvalue weighted by atomic mass is 19.2. The Labute approximate surface area is 144 Å². The lowest BCUT2D eigenvalue weighted by molar-refractivity contribution is -0.144. The molecular weight excluding hydrogens is 328 g/mol. The van der Waals surface area contributed by atoms with Crippen molar-refractivity contribution >= 4 is 11.8 Å². The molecule has 0 aliphatic carbocycles. The van der Waals surface area contributed by atoms with Gasteiger partial charge in [-0.2, -0.15) is 0 Å². The summed E-state index contributed by atoms with van der Waals surface area (Å²) in [6, 6.07) is 5.10. The van der Waals surface area contributed by atoms with Crippen LogP contribution in [-0.4, -0.2) is 41.6 Å². The van der Waals surface area contributed by atoms with Crippen molar-refractivity contribution in [3.05, 3.63) is 58.8 Å². The number of hydrogen-bond donors (Lipinski definition) is 1. The molecule has 132 valence electrons. The summed E-state index contributed by atoms with van der Waals surface area (Å²) >= 11 is 0. The number of carbonyl (C=O) groups is 1. The van der Waals surface area contributed by atoms with E-state index in [2.05, 4.69) is 4.98 Å². The Bertz CT molecular complexity index is 794. The van der Waals surface area contributed by atoms with Crippen LogP contribution in [0, 0.1) is 11.6 Å². The topological polar surface area (TPSA) is 56.7 Å². The predicted octanol–water partition coefficient (Wildman–Crippen LogP) is 2.61. The summed E-state index contributed by atoms with van der Waals surface area (Å²) in [5.74, 6) is -2.16. The average molecular weight is 347 g/mol. The molecular formula is C18H19F2N3O2. The van der Waals surface area contributed by atoms with Crippen LogP contribution in [0.3, 0.4) is 0 Å². The van der Waals surface area contributed by atoms with Gasteiger partial charge in [0.2, 0.25) is 0 Å². The third-order valence-corrected chi connectivity index (χ3v) is 4.43. The Morgan fingerprint density at radius 1 is 1.32 bits per heavy atom. The molecule has 0 amide bonds. The van der Waals surface area contributed by atoms with Gasteiger partial charge >= 0.3 is 5.97 Å². The number of anilines is 1. The Hall–Kier alpha value is -2.54. The van der Waals surface area contributed by atoms with Crippen molar-refractivity contribution in [2.75, 3.05) is 25.5 Å². The number of nitrogens with zero attached hydrogens (tertiary/aromatic N) is 3. The van der Waals surface area contributed by atoms with Crippen LogP contribution in [0.1, 0.15) is 22.7 Å². The molecule has 1 aliphatic rings. The van der Waals surface area contributed by atoms with Crippen molar-refractivity contribution in [2.24, 2.45) is 0 Å². The summed E-state index contributed by atoms with van der Waals surface area (Å²) in [5.41, 5.74) is 1.34. The van der Waals surface area contributed by atoms with Crippen LogP contribution < -0.4 is 4.90 Å². The van der Waals surface area contributed by atoms with E-state index in [0.29, 0.717) is 18.7 Å². The fourth-order valence-corrected chi connectivity index (χ4v) is 3.17. The molecule has 0 bridgehead atoms. The predicted molar refractivity (Wildman–Crippen MR) is 89.4 cm³/mol. The van der Waals surface area contributed by atoms with E-state index in [-0.39, 0.29) is 12.0 Å². The van der Waals surface area contributed by atoms with E-state index in [1.54, 1.807) is 11.1 Å². The Kier molecular flexibility index (Phi) is 4.67. The van der Waals surface area contributed by atoms with E-state index in [1.807, 2.05) is 31.1 Å². The largest absolute Gasteiger partial charge is 0.480 e. The molecule has 25 heavy (non-hydrogen) atoms. The molecule has 0 saturated heterocycles. The number of aliphatic carboxylic acids is 1. The van der Waals surface area contributed by atoms with Gasteiger partial charge in [0.05, 0.1) is 0 Å². The molecule has 1 aromatic heterocycles. The molecule has 3 rings (SSSR count). The number of fused-ring (bicyclic) bond motifs is 1. The summed E-state index contributed by atoms with van der Waals surface area (Å²) in [7, 11) is 3.77. The van der Waals surface area contributed by atoms with E-state index in [9.17, 15) is 18.7 Å². The number of carboxylic acids is 1. The van der Waals surface area contributed by atoms with Gasteiger partial charge in [-0.05, 0) is 35.2 Å². The highest BCUT2D eigenvalue weighted by molar-refractivity contribution is 5.76. The third-order valence-electron chi connectivity index (χ3n) is 4.43. The standard InChI is InChI=1S/C18H19F2N3O2/c1-22(2)15-6-3-11(9-21-15)10-23-8-7-12-13(17(23)18(24)25)4-5-14(19)16(12)20/h3-6,9,17H,7-8,10H2,1-2H3,(H,24,25). The maximum Gasteiger partial charge on any atom is 0.325 e.